The zero-order valence-corrected chi connectivity index (χ0v) is 12.0. The summed E-state index contributed by atoms with van der Waals surface area (Å²) in [5.41, 5.74) is 1.97. The molecule has 1 saturated heterocycles. The maximum atomic E-state index is 12.6. The normalized spacial score (nSPS) is 21.4. The second-order valence-electron chi connectivity index (χ2n) is 5.74. The molecule has 0 aromatic heterocycles. The maximum Gasteiger partial charge on any atom is 0.253 e. The molecule has 0 aliphatic carbocycles. The summed E-state index contributed by atoms with van der Waals surface area (Å²) in [5, 5.41) is 3.22. The standard InChI is InChI=1S/C16H22N2O2/c1-17-10-12-3-2-7-18(11-12)16(19)14-4-5-15-13(9-14)6-8-20-15/h4-5,9,12,17H,2-3,6-8,10-11H2,1H3/t12-/m1/s1. The number of ether oxygens (including phenoxy) is 1. The van der Waals surface area contributed by atoms with Crippen LogP contribution in [0.5, 0.6) is 5.75 Å². The number of benzene rings is 1. The second kappa shape index (κ2) is 5.83. The fourth-order valence-corrected chi connectivity index (χ4v) is 3.21. The highest BCUT2D eigenvalue weighted by Crippen LogP contribution is 2.27. The summed E-state index contributed by atoms with van der Waals surface area (Å²) >= 11 is 0. The number of carbonyl (C=O) groups excluding carboxylic acids is 1. The lowest BCUT2D eigenvalue weighted by molar-refractivity contribution is 0.0674. The molecule has 1 N–H and O–H groups in total. The Kier molecular flexibility index (Phi) is 3.92. The van der Waals surface area contributed by atoms with Gasteiger partial charge in [-0.25, -0.2) is 0 Å². The van der Waals surface area contributed by atoms with Crippen LogP contribution >= 0.6 is 0 Å². The first-order chi connectivity index (χ1) is 9.78. The smallest absolute Gasteiger partial charge is 0.253 e. The molecule has 1 fully saturated rings. The van der Waals surface area contributed by atoms with Crippen LogP contribution in [0.4, 0.5) is 0 Å². The number of piperidine rings is 1. The predicted molar refractivity (Wildman–Crippen MR) is 78.2 cm³/mol. The summed E-state index contributed by atoms with van der Waals surface area (Å²) in [7, 11) is 1.97. The molecular weight excluding hydrogens is 252 g/mol. The number of amides is 1. The van der Waals surface area contributed by atoms with Gasteiger partial charge in [0.2, 0.25) is 0 Å². The van der Waals surface area contributed by atoms with Crippen molar-refractivity contribution in [3.05, 3.63) is 29.3 Å². The Morgan fingerprint density at radius 3 is 3.25 bits per heavy atom. The van der Waals surface area contributed by atoms with Gasteiger partial charge in [-0.2, -0.15) is 0 Å². The Labute approximate surface area is 120 Å². The van der Waals surface area contributed by atoms with Crippen molar-refractivity contribution < 1.29 is 9.53 Å². The summed E-state index contributed by atoms with van der Waals surface area (Å²) in [4.78, 5) is 14.6. The lowest BCUT2D eigenvalue weighted by Crippen LogP contribution is -2.42. The number of fused-ring (bicyclic) bond motifs is 1. The van der Waals surface area contributed by atoms with E-state index in [4.69, 9.17) is 4.74 Å². The fourth-order valence-electron chi connectivity index (χ4n) is 3.21. The molecule has 0 saturated carbocycles. The fraction of sp³-hybridized carbons (Fsp3) is 0.562. The number of nitrogens with zero attached hydrogens (tertiary/aromatic N) is 1. The van der Waals surface area contributed by atoms with Gasteiger partial charge in [-0.05, 0) is 56.1 Å². The van der Waals surface area contributed by atoms with Crippen molar-refractivity contribution in [3.63, 3.8) is 0 Å². The van der Waals surface area contributed by atoms with Crippen molar-refractivity contribution >= 4 is 5.91 Å². The molecule has 108 valence electrons. The van der Waals surface area contributed by atoms with Gasteiger partial charge in [0, 0.05) is 25.1 Å². The van der Waals surface area contributed by atoms with Crippen LogP contribution in [0.25, 0.3) is 0 Å². The number of hydrogen-bond acceptors (Lipinski definition) is 3. The van der Waals surface area contributed by atoms with Gasteiger partial charge in [0.15, 0.2) is 0 Å². The third kappa shape index (κ3) is 2.66. The van der Waals surface area contributed by atoms with E-state index in [0.717, 1.165) is 50.4 Å². The molecule has 1 aromatic rings. The van der Waals surface area contributed by atoms with E-state index in [2.05, 4.69) is 5.32 Å². The van der Waals surface area contributed by atoms with Gasteiger partial charge in [0.05, 0.1) is 6.61 Å². The van der Waals surface area contributed by atoms with E-state index >= 15 is 0 Å². The first-order valence-corrected chi connectivity index (χ1v) is 7.47. The molecule has 1 atom stereocenters. The highest BCUT2D eigenvalue weighted by Gasteiger charge is 2.25. The molecule has 0 bridgehead atoms. The Morgan fingerprint density at radius 2 is 2.40 bits per heavy atom. The number of likely N-dealkylation sites (tertiary alicyclic amines) is 1. The SMILES string of the molecule is CNC[C@H]1CCCN(C(=O)c2ccc3c(c2)CCO3)C1. The molecule has 1 aromatic carbocycles. The van der Waals surface area contributed by atoms with Crippen LogP contribution in [0.15, 0.2) is 18.2 Å². The molecule has 2 heterocycles. The number of rotatable bonds is 3. The molecule has 4 heteroatoms. The summed E-state index contributed by atoms with van der Waals surface area (Å²) in [6.07, 6.45) is 3.23. The van der Waals surface area contributed by atoms with Gasteiger partial charge in [-0.15, -0.1) is 0 Å². The van der Waals surface area contributed by atoms with Gasteiger partial charge in [0.25, 0.3) is 5.91 Å². The Bertz CT molecular complexity index is 499. The lowest BCUT2D eigenvalue weighted by atomic mass is 9.97. The average Bonchev–Trinajstić information content (AvgIpc) is 2.94. The first-order valence-electron chi connectivity index (χ1n) is 7.47. The highest BCUT2D eigenvalue weighted by atomic mass is 16.5. The van der Waals surface area contributed by atoms with Crippen LogP contribution in [-0.2, 0) is 6.42 Å². The Morgan fingerprint density at radius 1 is 1.50 bits per heavy atom. The summed E-state index contributed by atoms with van der Waals surface area (Å²) in [6.45, 7) is 3.47. The molecule has 2 aliphatic rings. The van der Waals surface area contributed by atoms with E-state index in [1.807, 2.05) is 30.1 Å². The van der Waals surface area contributed by atoms with E-state index in [1.54, 1.807) is 0 Å². The first kappa shape index (κ1) is 13.4. The number of hydrogen-bond donors (Lipinski definition) is 1. The summed E-state index contributed by atoms with van der Waals surface area (Å²) in [5.74, 6) is 1.68. The molecule has 1 amide bonds. The number of nitrogens with one attached hydrogen (secondary N) is 1. The van der Waals surface area contributed by atoms with Crippen molar-refractivity contribution in [2.24, 2.45) is 5.92 Å². The quantitative estimate of drug-likeness (QED) is 0.912. The van der Waals surface area contributed by atoms with E-state index in [-0.39, 0.29) is 5.91 Å². The summed E-state index contributed by atoms with van der Waals surface area (Å²) in [6, 6.07) is 5.84. The molecule has 20 heavy (non-hydrogen) atoms. The van der Waals surface area contributed by atoms with Crippen LogP contribution in [0.2, 0.25) is 0 Å². The predicted octanol–water partition coefficient (Wildman–Crippen LogP) is 1.69. The van der Waals surface area contributed by atoms with Gasteiger partial charge in [-0.1, -0.05) is 0 Å². The molecule has 4 nitrogen and oxygen atoms in total. The van der Waals surface area contributed by atoms with E-state index < -0.39 is 0 Å². The van der Waals surface area contributed by atoms with Crippen molar-refractivity contribution in [1.29, 1.82) is 0 Å². The van der Waals surface area contributed by atoms with Crippen molar-refractivity contribution in [2.75, 3.05) is 33.3 Å². The highest BCUT2D eigenvalue weighted by molar-refractivity contribution is 5.94. The zero-order chi connectivity index (χ0) is 13.9. The van der Waals surface area contributed by atoms with Gasteiger partial charge >= 0.3 is 0 Å². The number of carbonyl (C=O) groups is 1. The third-order valence-corrected chi connectivity index (χ3v) is 4.24. The molecule has 3 rings (SSSR count). The van der Waals surface area contributed by atoms with Crippen LogP contribution in [-0.4, -0.2) is 44.1 Å². The Hall–Kier alpha value is -1.55. The largest absolute Gasteiger partial charge is 0.493 e. The van der Waals surface area contributed by atoms with Crippen LogP contribution in [0.1, 0.15) is 28.8 Å². The van der Waals surface area contributed by atoms with E-state index in [0.29, 0.717) is 5.92 Å². The maximum absolute atomic E-state index is 12.6. The topological polar surface area (TPSA) is 41.6 Å². The van der Waals surface area contributed by atoms with Crippen molar-refractivity contribution in [1.82, 2.24) is 10.2 Å². The molecule has 0 radical (unpaired) electrons. The average molecular weight is 274 g/mol. The molecule has 2 aliphatic heterocycles. The Balaban J connectivity index is 1.72. The minimum Gasteiger partial charge on any atom is -0.493 e. The van der Waals surface area contributed by atoms with Crippen LogP contribution in [0.3, 0.4) is 0 Å². The molecule has 0 unspecified atom stereocenters. The van der Waals surface area contributed by atoms with Gasteiger partial charge in [0.1, 0.15) is 5.75 Å². The summed E-state index contributed by atoms with van der Waals surface area (Å²) < 4.78 is 5.49. The zero-order valence-electron chi connectivity index (χ0n) is 12.0. The van der Waals surface area contributed by atoms with Gasteiger partial charge < -0.3 is 15.0 Å². The van der Waals surface area contributed by atoms with Crippen LogP contribution in [0, 0.1) is 5.92 Å². The minimum absolute atomic E-state index is 0.167. The van der Waals surface area contributed by atoms with E-state index in [9.17, 15) is 4.79 Å². The van der Waals surface area contributed by atoms with Crippen molar-refractivity contribution in [2.45, 2.75) is 19.3 Å². The second-order valence-corrected chi connectivity index (χ2v) is 5.74. The van der Waals surface area contributed by atoms with Crippen LogP contribution < -0.4 is 10.1 Å². The lowest BCUT2D eigenvalue weighted by Gasteiger charge is -2.32. The minimum atomic E-state index is 0.167. The van der Waals surface area contributed by atoms with Crippen molar-refractivity contribution in [3.8, 4) is 5.75 Å². The third-order valence-electron chi connectivity index (χ3n) is 4.24. The van der Waals surface area contributed by atoms with Gasteiger partial charge in [-0.3, -0.25) is 4.79 Å². The molecule has 0 spiro atoms. The molecular formula is C16H22N2O2. The van der Waals surface area contributed by atoms with E-state index in [1.165, 1.54) is 12.0 Å². The monoisotopic (exact) mass is 274 g/mol.